The topological polar surface area (TPSA) is 49.4 Å². The normalized spacial score (nSPS) is 13.2. The molecule has 20 heavy (non-hydrogen) atoms. The van der Waals surface area contributed by atoms with E-state index in [1.54, 1.807) is 0 Å². The first kappa shape index (κ1) is 17.0. The summed E-state index contributed by atoms with van der Waals surface area (Å²) < 4.78 is 22.8. The van der Waals surface area contributed by atoms with Crippen molar-refractivity contribution < 1.29 is 8.42 Å². The predicted octanol–water partition coefficient (Wildman–Crippen LogP) is 2.23. The van der Waals surface area contributed by atoms with Gasteiger partial charge in [0.25, 0.3) is 0 Å². The number of anilines is 1. The highest BCUT2D eigenvalue weighted by Crippen LogP contribution is 2.22. The number of rotatable bonds is 8. The Morgan fingerprint density at radius 2 is 2.00 bits per heavy atom. The number of benzene rings is 1. The zero-order valence-corrected chi connectivity index (χ0v) is 13.7. The van der Waals surface area contributed by atoms with Crippen molar-refractivity contribution in [3.05, 3.63) is 29.8 Å². The second-order valence-electron chi connectivity index (χ2n) is 5.41. The molecule has 0 saturated heterocycles. The largest absolute Gasteiger partial charge is 0.378 e. The maximum Gasteiger partial charge on any atom is 0.147 e. The minimum atomic E-state index is -2.93. The lowest BCUT2D eigenvalue weighted by Crippen LogP contribution is -2.24. The number of nitrogens with zero attached hydrogens (tertiary/aromatic N) is 1. The third-order valence-electron chi connectivity index (χ3n) is 3.21. The highest BCUT2D eigenvalue weighted by atomic mass is 32.2. The quantitative estimate of drug-likeness (QED) is 0.799. The Kier molecular flexibility index (Phi) is 6.49. The summed E-state index contributed by atoms with van der Waals surface area (Å²) in [5.74, 6) is 0.209. The highest BCUT2D eigenvalue weighted by Gasteiger charge is 2.14. The molecular formula is C15H26N2O2S. The monoisotopic (exact) mass is 298 g/mol. The summed E-state index contributed by atoms with van der Waals surface area (Å²) >= 11 is 0. The molecule has 0 aliphatic heterocycles. The van der Waals surface area contributed by atoms with Crippen LogP contribution in [0.5, 0.6) is 0 Å². The Labute approximate surface area is 123 Å². The van der Waals surface area contributed by atoms with E-state index in [-0.39, 0.29) is 11.8 Å². The first-order valence-corrected chi connectivity index (χ1v) is 9.08. The van der Waals surface area contributed by atoms with Gasteiger partial charge in [-0.15, -0.1) is 0 Å². The average Bonchev–Trinajstić information content (AvgIpc) is 2.38. The predicted molar refractivity (Wildman–Crippen MR) is 86.1 cm³/mol. The van der Waals surface area contributed by atoms with Crippen LogP contribution < -0.4 is 10.2 Å². The fourth-order valence-electron chi connectivity index (χ4n) is 2.06. The van der Waals surface area contributed by atoms with Gasteiger partial charge in [0.05, 0.1) is 5.75 Å². The molecule has 0 bridgehead atoms. The van der Waals surface area contributed by atoms with Crippen LogP contribution in [-0.4, -0.2) is 41.1 Å². The highest BCUT2D eigenvalue weighted by molar-refractivity contribution is 7.90. The lowest BCUT2D eigenvalue weighted by atomic mass is 10.0. The molecule has 0 radical (unpaired) electrons. The fraction of sp³-hybridized carbons (Fsp3) is 0.600. The van der Waals surface area contributed by atoms with Gasteiger partial charge >= 0.3 is 0 Å². The van der Waals surface area contributed by atoms with Crippen LogP contribution in [0.3, 0.4) is 0 Å². The third-order valence-corrected chi connectivity index (χ3v) is 4.18. The van der Waals surface area contributed by atoms with Crippen LogP contribution in [0.2, 0.25) is 0 Å². The molecule has 0 saturated carbocycles. The van der Waals surface area contributed by atoms with Gasteiger partial charge < -0.3 is 10.2 Å². The Morgan fingerprint density at radius 1 is 1.30 bits per heavy atom. The summed E-state index contributed by atoms with van der Waals surface area (Å²) in [5.41, 5.74) is 2.28. The van der Waals surface area contributed by atoms with Gasteiger partial charge in [0, 0.05) is 32.1 Å². The molecule has 5 heteroatoms. The van der Waals surface area contributed by atoms with Crippen molar-refractivity contribution in [3.63, 3.8) is 0 Å². The number of hydrogen-bond acceptors (Lipinski definition) is 4. The van der Waals surface area contributed by atoms with Crippen LogP contribution in [0.15, 0.2) is 24.3 Å². The van der Waals surface area contributed by atoms with Crippen molar-refractivity contribution in [2.24, 2.45) is 0 Å². The van der Waals surface area contributed by atoms with E-state index in [1.165, 1.54) is 6.26 Å². The van der Waals surface area contributed by atoms with Crippen molar-refractivity contribution >= 4 is 15.5 Å². The van der Waals surface area contributed by atoms with Crippen LogP contribution in [0, 0.1) is 0 Å². The second-order valence-corrected chi connectivity index (χ2v) is 7.67. The van der Waals surface area contributed by atoms with Crippen molar-refractivity contribution in [3.8, 4) is 0 Å². The molecule has 1 rings (SSSR count). The van der Waals surface area contributed by atoms with Gasteiger partial charge in [-0.3, -0.25) is 0 Å². The standard InChI is InChI=1S/C15H26N2O2S/c1-5-10-16-15(9-11-20(4,18)19)13-7-6-8-14(12-13)17(2)3/h6-8,12,15-16H,5,9-11H2,1-4H3. The average molecular weight is 298 g/mol. The molecule has 4 nitrogen and oxygen atoms in total. The molecule has 1 aromatic rings. The van der Waals surface area contributed by atoms with E-state index < -0.39 is 9.84 Å². The summed E-state index contributed by atoms with van der Waals surface area (Å²) in [7, 11) is 1.08. The summed E-state index contributed by atoms with van der Waals surface area (Å²) in [6.07, 6.45) is 2.93. The van der Waals surface area contributed by atoms with Crippen molar-refractivity contribution in [2.45, 2.75) is 25.8 Å². The van der Waals surface area contributed by atoms with Crippen LogP contribution >= 0.6 is 0 Å². The summed E-state index contributed by atoms with van der Waals surface area (Å²) in [6.45, 7) is 3.00. The van der Waals surface area contributed by atoms with E-state index in [4.69, 9.17) is 0 Å². The van der Waals surface area contributed by atoms with Crippen LogP contribution in [-0.2, 0) is 9.84 Å². The molecular weight excluding hydrogens is 272 g/mol. The summed E-state index contributed by atoms with van der Waals surface area (Å²) in [4.78, 5) is 2.05. The van der Waals surface area contributed by atoms with E-state index in [1.807, 2.05) is 20.2 Å². The Balaban J connectivity index is 2.88. The molecule has 114 valence electrons. The Bertz CT molecular complexity index is 512. The lowest BCUT2D eigenvalue weighted by Gasteiger charge is -2.21. The van der Waals surface area contributed by atoms with Crippen molar-refractivity contribution in [1.82, 2.24) is 5.32 Å². The molecule has 0 aliphatic carbocycles. The van der Waals surface area contributed by atoms with E-state index in [0.717, 1.165) is 24.2 Å². The Hall–Kier alpha value is -1.07. The van der Waals surface area contributed by atoms with Crippen LogP contribution in [0.4, 0.5) is 5.69 Å². The third kappa shape index (κ3) is 5.92. The van der Waals surface area contributed by atoms with Gasteiger partial charge in [-0.05, 0) is 37.1 Å². The van der Waals surface area contributed by atoms with E-state index in [0.29, 0.717) is 6.42 Å². The van der Waals surface area contributed by atoms with Gasteiger partial charge in [0.15, 0.2) is 0 Å². The van der Waals surface area contributed by atoms with Gasteiger partial charge in [0.1, 0.15) is 9.84 Å². The van der Waals surface area contributed by atoms with Crippen molar-refractivity contribution in [2.75, 3.05) is 37.5 Å². The molecule has 0 fully saturated rings. The van der Waals surface area contributed by atoms with Gasteiger partial charge in [-0.2, -0.15) is 0 Å². The first-order valence-electron chi connectivity index (χ1n) is 7.02. The van der Waals surface area contributed by atoms with Crippen molar-refractivity contribution in [1.29, 1.82) is 0 Å². The minimum absolute atomic E-state index is 0.0876. The van der Waals surface area contributed by atoms with E-state index >= 15 is 0 Å². The molecule has 0 heterocycles. The van der Waals surface area contributed by atoms with E-state index in [2.05, 4.69) is 35.3 Å². The zero-order valence-electron chi connectivity index (χ0n) is 12.9. The second kappa shape index (κ2) is 7.64. The molecule has 0 aromatic heterocycles. The summed E-state index contributed by atoms with van der Waals surface area (Å²) in [6, 6.07) is 8.34. The smallest absolute Gasteiger partial charge is 0.147 e. The molecule has 1 aromatic carbocycles. The molecule has 0 aliphatic rings. The van der Waals surface area contributed by atoms with Gasteiger partial charge in [-0.25, -0.2) is 8.42 Å². The maximum atomic E-state index is 11.4. The maximum absolute atomic E-state index is 11.4. The number of sulfone groups is 1. The van der Waals surface area contributed by atoms with Crippen LogP contribution in [0.25, 0.3) is 0 Å². The minimum Gasteiger partial charge on any atom is -0.378 e. The summed E-state index contributed by atoms with van der Waals surface area (Å²) in [5, 5.41) is 3.44. The first-order chi connectivity index (χ1) is 9.33. The van der Waals surface area contributed by atoms with Crippen LogP contribution in [0.1, 0.15) is 31.4 Å². The molecule has 1 unspecified atom stereocenters. The zero-order chi connectivity index (χ0) is 15.2. The molecule has 0 amide bonds. The molecule has 1 atom stereocenters. The lowest BCUT2D eigenvalue weighted by molar-refractivity contribution is 0.513. The van der Waals surface area contributed by atoms with Gasteiger partial charge in [0.2, 0.25) is 0 Å². The number of hydrogen-bond donors (Lipinski definition) is 1. The van der Waals surface area contributed by atoms with E-state index in [9.17, 15) is 8.42 Å². The Morgan fingerprint density at radius 3 is 2.55 bits per heavy atom. The molecule has 1 N–H and O–H groups in total. The fourth-order valence-corrected chi connectivity index (χ4v) is 2.72. The molecule has 0 spiro atoms. The number of nitrogens with one attached hydrogen (secondary N) is 1. The SMILES string of the molecule is CCCNC(CCS(C)(=O)=O)c1cccc(N(C)C)c1. The van der Waals surface area contributed by atoms with Gasteiger partial charge in [-0.1, -0.05) is 19.1 Å².